The summed E-state index contributed by atoms with van der Waals surface area (Å²) in [5, 5.41) is 3.41. The van der Waals surface area contributed by atoms with Gasteiger partial charge in [-0.05, 0) is 44.0 Å². The normalized spacial score (nSPS) is 17.1. The number of ether oxygens (including phenoxy) is 1. The van der Waals surface area contributed by atoms with Gasteiger partial charge in [0, 0.05) is 12.7 Å². The summed E-state index contributed by atoms with van der Waals surface area (Å²) < 4.78 is 7.54. The van der Waals surface area contributed by atoms with Gasteiger partial charge in [-0.25, -0.2) is 4.98 Å². The van der Waals surface area contributed by atoms with Crippen LogP contribution in [-0.4, -0.2) is 29.8 Å². The maximum absolute atomic E-state index is 5.55. The molecule has 0 radical (unpaired) electrons. The number of methoxy groups -OCH3 is 1. The molecule has 1 aromatic carbocycles. The lowest BCUT2D eigenvalue weighted by molar-refractivity contribution is 0.413. The third kappa shape index (κ3) is 3.16. The maximum Gasteiger partial charge on any atom is 0.143 e. The van der Waals surface area contributed by atoms with E-state index >= 15 is 0 Å². The van der Waals surface area contributed by atoms with Crippen molar-refractivity contribution in [2.24, 2.45) is 0 Å². The molecule has 4 nitrogen and oxygen atoms in total. The molecule has 1 N–H and O–H groups in total. The molecule has 0 saturated carbocycles. The van der Waals surface area contributed by atoms with Gasteiger partial charge in [-0.1, -0.05) is 17.7 Å². The molecule has 0 aliphatic carbocycles. The first-order valence-electron chi connectivity index (χ1n) is 7.35. The molecule has 1 saturated heterocycles. The van der Waals surface area contributed by atoms with Crippen molar-refractivity contribution in [1.82, 2.24) is 14.9 Å². The Bertz CT molecular complexity index is 650. The molecular formula is C17H21N3O. The number of benzene rings is 1. The molecule has 1 aliphatic heterocycles. The lowest BCUT2D eigenvalue weighted by Gasteiger charge is -2.16. The van der Waals surface area contributed by atoms with Crippen molar-refractivity contribution in [2.75, 3.05) is 20.2 Å². The summed E-state index contributed by atoms with van der Waals surface area (Å²) in [4.78, 5) is 4.27. The molecular weight excluding hydrogens is 262 g/mol. The fraction of sp³-hybridized carbons (Fsp3) is 0.353. The Morgan fingerprint density at radius 2 is 2.29 bits per heavy atom. The number of hydrogen-bond donors (Lipinski definition) is 1. The van der Waals surface area contributed by atoms with Gasteiger partial charge in [0.2, 0.25) is 0 Å². The first-order valence-corrected chi connectivity index (χ1v) is 7.35. The molecule has 110 valence electrons. The minimum atomic E-state index is 0.866. The number of nitrogens with zero attached hydrogens (tertiary/aromatic N) is 2. The zero-order chi connectivity index (χ0) is 14.7. The standard InChI is InChI=1S/C17H21N3O/c1-13-11-20(12-19-13)16-6-5-14(9-17(16)21-2)8-15-4-3-7-18-10-15/h5-6,8-9,11-12,18H,3-4,7,10H2,1-2H3. The lowest BCUT2D eigenvalue weighted by atomic mass is 10.0. The van der Waals surface area contributed by atoms with Crippen LogP contribution >= 0.6 is 0 Å². The van der Waals surface area contributed by atoms with Crippen molar-refractivity contribution in [3.63, 3.8) is 0 Å². The van der Waals surface area contributed by atoms with Crippen LogP contribution in [0.4, 0.5) is 0 Å². The van der Waals surface area contributed by atoms with Crippen LogP contribution in [0.2, 0.25) is 0 Å². The fourth-order valence-electron chi connectivity index (χ4n) is 2.69. The highest BCUT2D eigenvalue weighted by Crippen LogP contribution is 2.26. The number of nitrogens with one attached hydrogen (secondary N) is 1. The number of piperidine rings is 1. The minimum absolute atomic E-state index is 0.866. The molecule has 4 heteroatoms. The van der Waals surface area contributed by atoms with E-state index in [4.69, 9.17) is 4.74 Å². The number of hydrogen-bond acceptors (Lipinski definition) is 3. The average molecular weight is 283 g/mol. The fourth-order valence-corrected chi connectivity index (χ4v) is 2.69. The lowest BCUT2D eigenvalue weighted by Crippen LogP contribution is -2.23. The highest BCUT2D eigenvalue weighted by Gasteiger charge is 2.08. The van der Waals surface area contributed by atoms with Crippen LogP contribution in [0.1, 0.15) is 24.1 Å². The molecule has 1 aromatic heterocycles. The highest BCUT2D eigenvalue weighted by molar-refractivity contribution is 5.60. The van der Waals surface area contributed by atoms with E-state index in [1.165, 1.54) is 24.0 Å². The molecule has 0 atom stereocenters. The summed E-state index contributed by atoms with van der Waals surface area (Å²) in [5.41, 5.74) is 4.65. The predicted octanol–water partition coefficient (Wildman–Crippen LogP) is 2.96. The van der Waals surface area contributed by atoms with Gasteiger partial charge in [0.15, 0.2) is 0 Å². The molecule has 0 amide bonds. The van der Waals surface area contributed by atoms with Crippen LogP contribution in [-0.2, 0) is 0 Å². The number of rotatable bonds is 3. The Morgan fingerprint density at radius 1 is 1.38 bits per heavy atom. The third-order valence-electron chi connectivity index (χ3n) is 3.77. The zero-order valence-corrected chi connectivity index (χ0v) is 12.6. The van der Waals surface area contributed by atoms with Crippen molar-refractivity contribution in [3.05, 3.63) is 47.6 Å². The third-order valence-corrected chi connectivity index (χ3v) is 3.77. The molecule has 1 aliphatic rings. The van der Waals surface area contributed by atoms with E-state index in [2.05, 4.69) is 34.6 Å². The SMILES string of the molecule is COc1cc(C=C2CCCNC2)ccc1-n1cnc(C)c1. The van der Waals surface area contributed by atoms with Gasteiger partial charge in [0.1, 0.15) is 5.75 Å². The number of imidazole rings is 1. The highest BCUT2D eigenvalue weighted by atomic mass is 16.5. The number of aryl methyl sites for hydroxylation is 1. The zero-order valence-electron chi connectivity index (χ0n) is 12.6. The summed E-state index contributed by atoms with van der Waals surface area (Å²) in [7, 11) is 1.71. The molecule has 3 rings (SSSR count). The van der Waals surface area contributed by atoms with Gasteiger partial charge < -0.3 is 14.6 Å². The minimum Gasteiger partial charge on any atom is -0.495 e. The molecule has 2 aromatic rings. The van der Waals surface area contributed by atoms with Gasteiger partial charge in [-0.2, -0.15) is 0 Å². The molecule has 0 unspecified atom stereocenters. The quantitative estimate of drug-likeness (QED) is 0.941. The Kier molecular flexibility index (Phi) is 4.06. The molecule has 21 heavy (non-hydrogen) atoms. The van der Waals surface area contributed by atoms with Gasteiger partial charge in [-0.3, -0.25) is 0 Å². The van der Waals surface area contributed by atoms with Gasteiger partial charge in [-0.15, -0.1) is 0 Å². The van der Waals surface area contributed by atoms with E-state index in [1.807, 2.05) is 24.0 Å². The molecule has 0 bridgehead atoms. The Balaban J connectivity index is 1.91. The van der Waals surface area contributed by atoms with Crippen LogP contribution < -0.4 is 10.1 Å². The molecule has 1 fully saturated rings. The average Bonchev–Trinajstić information content (AvgIpc) is 2.94. The first-order chi connectivity index (χ1) is 10.3. The Hall–Kier alpha value is -2.07. The monoisotopic (exact) mass is 283 g/mol. The second-order valence-electron chi connectivity index (χ2n) is 5.44. The van der Waals surface area contributed by atoms with Gasteiger partial charge in [0.25, 0.3) is 0 Å². The van der Waals surface area contributed by atoms with Crippen molar-refractivity contribution in [3.8, 4) is 11.4 Å². The largest absolute Gasteiger partial charge is 0.495 e. The van der Waals surface area contributed by atoms with E-state index in [-0.39, 0.29) is 0 Å². The second-order valence-corrected chi connectivity index (χ2v) is 5.44. The van der Waals surface area contributed by atoms with Crippen molar-refractivity contribution >= 4 is 6.08 Å². The van der Waals surface area contributed by atoms with Crippen LogP contribution in [0.15, 0.2) is 36.3 Å². The topological polar surface area (TPSA) is 39.1 Å². The van der Waals surface area contributed by atoms with E-state index in [0.717, 1.165) is 30.2 Å². The van der Waals surface area contributed by atoms with Crippen molar-refractivity contribution < 1.29 is 4.74 Å². The molecule has 0 spiro atoms. The molecule has 2 heterocycles. The van der Waals surface area contributed by atoms with Gasteiger partial charge in [0.05, 0.1) is 24.8 Å². The smallest absolute Gasteiger partial charge is 0.143 e. The van der Waals surface area contributed by atoms with Crippen LogP contribution in [0, 0.1) is 6.92 Å². The van der Waals surface area contributed by atoms with Crippen LogP contribution in [0.5, 0.6) is 5.75 Å². The van der Waals surface area contributed by atoms with Crippen molar-refractivity contribution in [2.45, 2.75) is 19.8 Å². The summed E-state index contributed by atoms with van der Waals surface area (Å²) in [6, 6.07) is 6.31. The Labute approximate surface area is 125 Å². The van der Waals surface area contributed by atoms with Crippen molar-refractivity contribution in [1.29, 1.82) is 0 Å². The first kappa shape index (κ1) is 13.9. The predicted molar refractivity (Wildman–Crippen MR) is 84.9 cm³/mol. The summed E-state index contributed by atoms with van der Waals surface area (Å²) in [6.07, 6.45) is 8.47. The van der Waals surface area contributed by atoms with Crippen LogP contribution in [0.25, 0.3) is 11.8 Å². The second kappa shape index (κ2) is 6.14. The van der Waals surface area contributed by atoms with E-state index in [1.54, 1.807) is 7.11 Å². The van der Waals surface area contributed by atoms with Gasteiger partial charge >= 0.3 is 0 Å². The van der Waals surface area contributed by atoms with E-state index in [0.29, 0.717) is 0 Å². The summed E-state index contributed by atoms with van der Waals surface area (Å²) >= 11 is 0. The summed E-state index contributed by atoms with van der Waals surface area (Å²) in [6.45, 7) is 4.10. The van der Waals surface area contributed by atoms with Crippen LogP contribution in [0.3, 0.4) is 0 Å². The van der Waals surface area contributed by atoms with E-state index in [9.17, 15) is 0 Å². The maximum atomic E-state index is 5.55. The summed E-state index contributed by atoms with van der Waals surface area (Å²) in [5.74, 6) is 0.866. The van der Waals surface area contributed by atoms with E-state index < -0.39 is 0 Å². The number of aromatic nitrogens is 2. The Morgan fingerprint density at radius 3 is 2.95 bits per heavy atom.